The highest BCUT2D eigenvalue weighted by atomic mass is 35.5. The molecule has 0 aromatic heterocycles. The fraction of sp³-hybridized carbons (Fsp3) is 0.481. The molecule has 0 spiro atoms. The van der Waals surface area contributed by atoms with Gasteiger partial charge in [-0.3, -0.25) is 13.9 Å². The molecular formula is C27H37Cl2N3O4S. The van der Waals surface area contributed by atoms with Crippen LogP contribution in [0.1, 0.15) is 56.7 Å². The summed E-state index contributed by atoms with van der Waals surface area (Å²) in [5.74, 6) is -0.544. The van der Waals surface area contributed by atoms with Crippen LogP contribution >= 0.6 is 23.2 Å². The number of carbonyl (C=O) groups excluding carboxylic acids is 2. The molecule has 0 aliphatic heterocycles. The molecular weight excluding hydrogens is 533 g/mol. The Bertz CT molecular complexity index is 1200. The van der Waals surface area contributed by atoms with Gasteiger partial charge in [-0.15, -0.1) is 0 Å². The van der Waals surface area contributed by atoms with Gasteiger partial charge in [0.25, 0.3) is 0 Å². The Labute approximate surface area is 231 Å². The van der Waals surface area contributed by atoms with Gasteiger partial charge in [0.2, 0.25) is 21.8 Å². The fourth-order valence-electron chi connectivity index (χ4n) is 4.04. The first kappa shape index (κ1) is 30.9. The summed E-state index contributed by atoms with van der Waals surface area (Å²) in [6, 6.07) is 9.74. The molecule has 7 nitrogen and oxygen atoms in total. The zero-order chi connectivity index (χ0) is 27.9. The molecule has 0 radical (unpaired) electrons. The first-order valence-electron chi connectivity index (χ1n) is 12.3. The van der Waals surface area contributed by atoms with E-state index in [9.17, 15) is 18.0 Å². The van der Waals surface area contributed by atoms with E-state index in [4.69, 9.17) is 23.2 Å². The van der Waals surface area contributed by atoms with Gasteiger partial charge < -0.3 is 10.2 Å². The summed E-state index contributed by atoms with van der Waals surface area (Å²) in [4.78, 5) is 28.0. The number of hydrogen-bond donors (Lipinski definition) is 1. The number of benzene rings is 2. The van der Waals surface area contributed by atoms with Gasteiger partial charge in [-0.1, -0.05) is 42.3 Å². The number of hydrogen-bond acceptors (Lipinski definition) is 4. The summed E-state index contributed by atoms with van der Waals surface area (Å²) in [6.45, 7) is 9.62. The van der Waals surface area contributed by atoms with Crippen molar-refractivity contribution in [2.75, 3.05) is 17.1 Å². The lowest BCUT2D eigenvalue weighted by atomic mass is 10.1. The van der Waals surface area contributed by atoms with E-state index in [1.54, 1.807) is 24.3 Å². The van der Waals surface area contributed by atoms with Crippen molar-refractivity contribution in [1.82, 2.24) is 10.2 Å². The number of sulfonamides is 1. The summed E-state index contributed by atoms with van der Waals surface area (Å²) in [5, 5.41) is 3.69. The first-order valence-corrected chi connectivity index (χ1v) is 14.9. The molecule has 37 heavy (non-hydrogen) atoms. The zero-order valence-corrected chi connectivity index (χ0v) is 24.7. The number of amides is 2. The second kappa shape index (κ2) is 13.5. The topological polar surface area (TPSA) is 86.8 Å². The van der Waals surface area contributed by atoms with Crippen LogP contribution in [0, 0.1) is 13.8 Å². The van der Waals surface area contributed by atoms with Crippen LogP contribution in [0.5, 0.6) is 0 Å². The van der Waals surface area contributed by atoms with Crippen molar-refractivity contribution in [3.63, 3.8) is 0 Å². The summed E-state index contributed by atoms with van der Waals surface area (Å²) < 4.78 is 26.4. The highest BCUT2D eigenvalue weighted by Crippen LogP contribution is 2.28. The Morgan fingerprint density at radius 2 is 1.65 bits per heavy atom. The lowest BCUT2D eigenvalue weighted by molar-refractivity contribution is -0.141. The molecule has 0 bridgehead atoms. The second-order valence-electron chi connectivity index (χ2n) is 9.52. The van der Waals surface area contributed by atoms with E-state index in [1.165, 1.54) is 9.21 Å². The van der Waals surface area contributed by atoms with Crippen molar-refractivity contribution < 1.29 is 18.0 Å². The minimum absolute atomic E-state index is 0.0460. The largest absolute Gasteiger partial charge is 0.352 e. The van der Waals surface area contributed by atoms with Crippen molar-refractivity contribution in [3.8, 4) is 0 Å². The number of anilines is 1. The predicted octanol–water partition coefficient (Wildman–Crippen LogP) is 5.49. The van der Waals surface area contributed by atoms with E-state index >= 15 is 0 Å². The van der Waals surface area contributed by atoms with E-state index in [-0.39, 0.29) is 43.8 Å². The Kier molecular flexibility index (Phi) is 11.3. The maximum atomic E-state index is 13.5. The quantitative estimate of drug-likeness (QED) is 0.366. The van der Waals surface area contributed by atoms with E-state index in [0.717, 1.165) is 17.4 Å². The lowest BCUT2D eigenvalue weighted by Gasteiger charge is -2.32. The van der Waals surface area contributed by atoms with Gasteiger partial charge >= 0.3 is 0 Å². The van der Waals surface area contributed by atoms with Crippen LogP contribution in [0.25, 0.3) is 0 Å². The van der Waals surface area contributed by atoms with Crippen LogP contribution < -0.4 is 9.62 Å². The molecule has 2 amide bonds. The molecule has 10 heteroatoms. The van der Waals surface area contributed by atoms with Crippen molar-refractivity contribution in [2.45, 2.75) is 72.5 Å². The van der Waals surface area contributed by atoms with Gasteiger partial charge in [0.15, 0.2) is 0 Å². The van der Waals surface area contributed by atoms with Gasteiger partial charge in [-0.25, -0.2) is 8.42 Å². The number of nitrogens with zero attached hydrogens (tertiary/aromatic N) is 2. The Morgan fingerprint density at radius 3 is 2.16 bits per heavy atom. The molecule has 0 saturated carbocycles. The van der Waals surface area contributed by atoms with Crippen LogP contribution in [0.2, 0.25) is 10.0 Å². The van der Waals surface area contributed by atoms with E-state index in [2.05, 4.69) is 5.32 Å². The van der Waals surface area contributed by atoms with Crippen LogP contribution in [-0.4, -0.2) is 50.0 Å². The minimum Gasteiger partial charge on any atom is -0.352 e. The number of carbonyl (C=O) groups is 2. The van der Waals surface area contributed by atoms with Gasteiger partial charge in [-0.2, -0.15) is 0 Å². The molecule has 2 rings (SSSR count). The second-order valence-corrected chi connectivity index (χ2v) is 12.2. The number of aryl methyl sites for hydroxylation is 2. The first-order chi connectivity index (χ1) is 17.3. The molecule has 0 unspecified atom stereocenters. The van der Waals surface area contributed by atoms with Gasteiger partial charge in [0, 0.05) is 41.2 Å². The van der Waals surface area contributed by atoms with Crippen LogP contribution in [0.4, 0.5) is 5.69 Å². The summed E-state index contributed by atoms with van der Waals surface area (Å²) in [5.41, 5.74) is 3.15. The maximum absolute atomic E-state index is 13.5. The number of halogens is 2. The Morgan fingerprint density at radius 1 is 1.03 bits per heavy atom. The third-order valence-electron chi connectivity index (χ3n) is 6.14. The van der Waals surface area contributed by atoms with Crippen LogP contribution in [0.15, 0.2) is 36.4 Å². The van der Waals surface area contributed by atoms with E-state index in [0.29, 0.717) is 27.7 Å². The monoisotopic (exact) mass is 569 g/mol. The van der Waals surface area contributed by atoms with Crippen molar-refractivity contribution in [1.29, 1.82) is 0 Å². The molecule has 0 saturated heterocycles. The summed E-state index contributed by atoms with van der Waals surface area (Å²) in [7, 11) is -3.56. The van der Waals surface area contributed by atoms with Crippen LogP contribution in [-0.2, 0) is 26.2 Å². The van der Waals surface area contributed by atoms with Gasteiger partial charge in [-0.05, 0) is 75.9 Å². The zero-order valence-electron chi connectivity index (χ0n) is 22.3. The van der Waals surface area contributed by atoms with Crippen LogP contribution in [0.3, 0.4) is 0 Å². The molecule has 1 N–H and O–H groups in total. The third-order valence-corrected chi connectivity index (χ3v) is 8.04. The number of nitrogens with one attached hydrogen (secondary N) is 1. The molecule has 0 fully saturated rings. The normalized spacial score (nSPS) is 12.4. The lowest BCUT2D eigenvalue weighted by Crippen LogP contribution is -2.50. The van der Waals surface area contributed by atoms with Crippen molar-refractivity contribution in [3.05, 3.63) is 63.1 Å². The van der Waals surface area contributed by atoms with E-state index < -0.39 is 16.1 Å². The molecule has 2 aromatic carbocycles. The van der Waals surface area contributed by atoms with Gasteiger partial charge in [0.1, 0.15) is 6.04 Å². The van der Waals surface area contributed by atoms with E-state index in [1.807, 2.05) is 46.8 Å². The molecule has 0 heterocycles. The Balaban J connectivity index is 2.29. The minimum atomic E-state index is -3.56. The summed E-state index contributed by atoms with van der Waals surface area (Å²) >= 11 is 12.8. The predicted molar refractivity (Wildman–Crippen MR) is 152 cm³/mol. The number of rotatable bonds is 12. The molecule has 0 aliphatic rings. The smallest absolute Gasteiger partial charge is 0.243 e. The average molecular weight is 571 g/mol. The molecule has 1 atom stereocenters. The fourth-order valence-corrected chi connectivity index (χ4v) is 5.51. The highest BCUT2D eigenvalue weighted by Gasteiger charge is 2.30. The maximum Gasteiger partial charge on any atom is 0.243 e. The molecule has 0 aliphatic carbocycles. The van der Waals surface area contributed by atoms with Crippen molar-refractivity contribution in [2.24, 2.45) is 0 Å². The molecule has 204 valence electrons. The highest BCUT2D eigenvalue weighted by molar-refractivity contribution is 7.92. The average Bonchev–Trinajstić information content (AvgIpc) is 2.79. The standard InChI is InChI=1S/C27H37Cl2N3O4S/c1-7-25(27(34)30-18(2)3)31(17-22-23(28)10-8-11-24(22)29)26(33)12-9-15-32(37(6,35)36)21-14-13-19(4)20(5)16-21/h8,10-11,13-14,16,18,25H,7,9,12,15,17H2,1-6H3,(H,30,34)/t25-/m1/s1. The molecule has 2 aromatic rings. The Hall–Kier alpha value is -2.29. The summed E-state index contributed by atoms with van der Waals surface area (Å²) in [6.07, 6.45) is 1.86. The van der Waals surface area contributed by atoms with Crippen molar-refractivity contribution >= 4 is 50.7 Å². The third kappa shape index (κ3) is 8.62. The SMILES string of the molecule is CC[C@H](C(=O)NC(C)C)N(Cc1c(Cl)cccc1Cl)C(=O)CCCN(c1ccc(C)c(C)c1)S(C)(=O)=O. The van der Waals surface area contributed by atoms with Gasteiger partial charge in [0.05, 0.1) is 11.9 Å².